The molecule has 1 heterocycles. The van der Waals surface area contributed by atoms with Crippen LogP contribution >= 0.6 is 39.9 Å². The molecule has 1 fully saturated rings. The van der Waals surface area contributed by atoms with Crippen LogP contribution in [-0.2, 0) is 11.3 Å². The highest BCUT2D eigenvalue weighted by molar-refractivity contribution is 14.0. The van der Waals surface area contributed by atoms with Gasteiger partial charge in [-0.1, -0.05) is 28.1 Å². The van der Waals surface area contributed by atoms with E-state index in [0.717, 1.165) is 35.4 Å². The van der Waals surface area contributed by atoms with E-state index >= 15 is 0 Å². The fourth-order valence-electron chi connectivity index (χ4n) is 2.74. The molecule has 0 aromatic heterocycles. The number of piperidine rings is 1. The second-order valence-corrected chi connectivity index (χ2v) is 6.85. The zero-order valence-electron chi connectivity index (χ0n) is 15.3. The lowest BCUT2D eigenvalue weighted by Gasteiger charge is -2.32. The first-order valence-corrected chi connectivity index (χ1v) is 9.62. The number of carbonyl (C=O) groups is 1. The Balaban J connectivity index is 0.00000338. The van der Waals surface area contributed by atoms with Crippen LogP contribution in [0.2, 0.25) is 0 Å². The van der Waals surface area contributed by atoms with Crippen molar-refractivity contribution in [3.63, 3.8) is 0 Å². The topological polar surface area (TPSA) is 66.0 Å². The second kappa shape index (κ2) is 12.4. The molecule has 0 unspecified atom stereocenters. The zero-order valence-corrected chi connectivity index (χ0v) is 19.2. The number of aliphatic imine (C=N–C) groups is 1. The molecule has 2 N–H and O–H groups in total. The molecule has 1 aliphatic rings. The Morgan fingerprint density at radius 3 is 2.69 bits per heavy atom. The van der Waals surface area contributed by atoms with Crippen molar-refractivity contribution in [1.82, 2.24) is 15.5 Å². The van der Waals surface area contributed by atoms with Crippen LogP contribution in [0.5, 0.6) is 0 Å². The normalized spacial score (nSPS) is 15.2. The summed E-state index contributed by atoms with van der Waals surface area (Å²) in [5, 5.41) is 6.77. The van der Waals surface area contributed by atoms with Gasteiger partial charge in [-0.3, -0.25) is 0 Å². The first-order valence-electron chi connectivity index (χ1n) is 8.83. The maximum absolute atomic E-state index is 11.8. The molecular weight excluding hydrogens is 511 g/mol. The van der Waals surface area contributed by atoms with E-state index in [0.29, 0.717) is 32.3 Å². The zero-order chi connectivity index (χ0) is 18.1. The van der Waals surface area contributed by atoms with Crippen LogP contribution in [0.3, 0.4) is 0 Å². The van der Waals surface area contributed by atoms with Gasteiger partial charge in [-0.15, -0.1) is 24.0 Å². The third kappa shape index (κ3) is 7.69. The summed E-state index contributed by atoms with van der Waals surface area (Å²) in [6.07, 6.45) is 1.57. The van der Waals surface area contributed by atoms with Crippen LogP contribution in [0.4, 0.5) is 4.79 Å². The fraction of sp³-hybridized carbons (Fsp3) is 0.556. The minimum Gasteiger partial charge on any atom is -0.450 e. The van der Waals surface area contributed by atoms with Crippen LogP contribution in [0, 0.1) is 0 Å². The van der Waals surface area contributed by atoms with Crippen molar-refractivity contribution in [2.24, 2.45) is 4.99 Å². The van der Waals surface area contributed by atoms with Gasteiger partial charge in [0.15, 0.2) is 5.96 Å². The van der Waals surface area contributed by atoms with Crippen LogP contribution in [-0.4, -0.2) is 49.2 Å². The van der Waals surface area contributed by atoms with Crippen molar-refractivity contribution in [3.8, 4) is 0 Å². The molecule has 2 rings (SSSR count). The van der Waals surface area contributed by atoms with Crippen LogP contribution in [0.15, 0.2) is 33.7 Å². The highest BCUT2D eigenvalue weighted by Crippen LogP contribution is 2.13. The number of benzene rings is 1. The Hall–Kier alpha value is -1.03. The summed E-state index contributed by atoms with van der Waals surface area (Å²) in [5.74, 6) is 0.817. The largest absolute Gasteiger partial charge is 0.450 e. The predicted molar refractivity (Wildman–Crippen MR) is 119 cm³/mol. The van der Waals surface area contributed by atoms with Gasteiger partial charge in [-0.2, -0.15) is 0 Å². The van der Waals surface area contributed by atoms with Gasteiger partial charge in [-0.05, 0) is 44.4 Å². The molecule has 6 nitrogen and oxygen atoms in total. The monoisotopic (exact) mass is 538 g/mol. The molecule has 1 aliphatic heterocycles. The number of rotatable bonds is 5. The second-order valence-electron chi connectivity index (χ2n) is 5.93. The van der Waals surface area contributed by atoms with Crippen molar-refractivity contribution < 1.29 is 9.53 Å². The number of amides is 1. The van der Waals surface area contributed by atoms with Gasteiger partial charge in [-0.25, -0.2) is 9.79 Å². The molecular formula is C18H28BrIN4O2. The maximum atomic E-state index is 11.8. The summed E-state index contributed by atoms with van der Waals surface area (Å²) in [4.78, 5) is 18.2. The summed E-state index contributed by atoms with van der Waals surface area (Å²) < 4.78 is 6.12. The van der Waals surface area contributed by atoms with E-state index in [-0.39, 0.29) is 30.1 Å². The number of halogens is 2. The lowest BCUT2D eigenvalue weighted by atomic mass is 10.1. The highest BCUT2D eigenvalue weighted by atomic mass is 127. The Bertz CT molecular complexity index is 592. The van der Waals surface area contributed by atoms with E-state index in [9.17, 15) is 4.79 Å². The van der Waals surface area contributed by atoms with Crippen molar-refractivity contribution in [2.45, 2.75) is 39.3 Å². The Kier molecular flexibility index (Phi) is 11.0. The predicted octanol–water partition coefficient (Wildman–Crippen LogP) is 3.74. The van der Waals surface area contributed by atoms with E-state index in [1.807, 2.05) is 19.1 Å². The van der Waals surface area contributed by atoms with Crippen molar-refractivity contribution in [2.75, 3.05) is 26.2 Å². The molecule has 0 aliphatic carbocycles. The molecule has 1 aromatic carbocycles. The average Bonchev–Trinajstić information content (AvgIpc) is 2.61. The fourth-order valence-corrected chi connectivity index (χ4v) is 3.19. The molecule has 0 radical (unpaired) electrons. The lowest BCUT2D eigenvalue weighted by molar-refractivity contribution is 0.0963. The van der Waals surface area contributed by atoms with Gasteiger partial charge in [0.05, 0.1) is 13.2 Å². The number of hydrogen-bond acceptors (Lipinski definition) is 3. The van der Waals surface area contributed by atoms with Crippen LogP contribution in [0.25, 0.3) is 0 Å². The Morgan fingerprint density at radius 1 is 1.35 bits per heavy atom. The number of guanidine groups is 1. The quantitative estimate of drug-likeness (QED) is 0.340. The van der Waals surface area contributed by atoms with Crippen molar-refractivity contribution in [3.05, 3.63) is 34.3 Å². The Labute approximate surface area is 181 Å². The lowest BCUT2D eigenvalue weighted by Crippen LogP contribution is -2.49. The molecule has 1 amide bonds. The third-order valence-corrected chi connectivity index (χ3v) is 4.51. The highest BCUT2D eigenvalue weighted by Gasteiger charge is 2.23. The van der Waals surface area contributed by atoms with Crippen molar-refractivity contribution >= 4 is 52.0 Å². The van der Waals surface area contributed by atoms with E-state index < -0.39 is 0 Å². The summed E-state index contributed by atoms with van der Waals surface area (Å²) >= 11 is 3.49. The summed E-state index contributed by atoms with van der Waals surface area (Å²) in [6, 6.07) is 8.47. The van der Waals surface area contributed by atoms with Gasteiger partial charge in [0.25, 0.3) is 0 Å². The van der Waals surface area contributed by atoms with Gasteiger partial charge in [0.1, 0.15) is 0 Å². The van der Waals surface area contributed by atoms with Crippen LogP contribution < -0.4 is 10.6 Å². The Morgan fingerprint density at radius 2 is 2.08 bits per heavy atom. The van der Waals surface area contributed by atoms with E-state index in [1.165, 1.54) is 0 Å². The van der Waals surface area contributed by atoms with E-state index in [2.05, 4.69) is 50.6 Å². The van der Waals surface area contributed by atoms with Crippen molar-refractivity contribution in [1.29, 1.82) is 0 Å². The van der Waals surface area contributed by atoms with E-state index in [4.69, 9.17) is 4.74 Å². The molecule has 1 saturated heterocycles. The summed E-state index contributed by atoms with van der Waals surface area (Å²) in [7, 11) is 0. The molecule has 0 atom stereocenters. The van der Waals surface area contributed by atoms with Gasteiger partial charge >= 0.3 is 6.09 Å². The molecule has 8 heteroatoms. The molecule has 26 heavy (non-hydrogen) atoms. The SMILES string of the molecule is CCNC(=NCc1cccc(Br)c1)NC1CCN(C(=O)OCC)CC1.I. The first-order chi connectivity index (χ1) is 12.1. The third-order valence-electron chi connectivity index (χ3n) is 4.01. The number of nitrogens with one attached hydrogen (secondary N) is 2. The number of likely N-dealkylation sites (tertiary alicyclic amines) is 1. The minimum absolute atomic E-state index is 0. The van der Waals surface area contributed by atoms with Gasteiger partial charge in [0.2, 0.25) is 0 Å². The molecule has 146 valence electrons. The smallest absolute Gasteiger partial charge is 0.409 e. The summed E-state index contributed by atoms with van der Waals surface area (Å²) in [6.45, 7) is 7.16. The van der Waals surface area contributed by atoms with Gasteiger partial charge in [0, 0.05) is 30.1 Å². The number of carbonyl (C=O) groups excluding carboxylic acids is 1. The molecule has 0 bridgehead atoms. The minimum atomic E-state index is -0.212. The number of ether oxygens (including phenoxy) is 1. The van der Waals surface area contributed by atoms with Gasteiger partial charge < -0.3 is 20.3 Å². The van der Waals surface area contributed by atoms with E-state index in [1.54, 1.807) is 4.90 Å². The van der Waals surface area contributed by atoms with Crippen LogP contribution in [0.1, 0.15) is 32.3 Å². The number of hydrogen-bond donors (Lipinski definition) is 2. The molecule has 1 aromatic rings. The average molecular weight is 539 g/mol. The summed E-state index contributed by atoms with van der Waals surface area (Å²) in [5.41, 5.74) is 1.16. The number of nitrogens with zero attached hydrogens (tertiary/aromatic N) is 2. The molecule has 0 saturated carbocycles. The maximum Gasteiger partial charge on any atom is 0.409 e. The first kappa shape index (κ1) is 23.0. The molecule has 0 spiro atoms. The standard InChI is InChI=1S/C18H27BrN4O2.HI/c1-3-20-17(21-13-14-6-5-7-15(19)12-14)22-16-8-10-23(11-9-16)18(24)25-4-2;/h5-7,12,16H,3-4,8-11,13H2,1-2H3,(H2,20,21,22);1H.